The number of nitro groups is 1. The minimum absolute atomic E-state index is 0.0210. The van der Waals surface area contributed by atoms with Crippen LogP contribution in [0.3, 0.4) is 0 Å². The number of hydrogen-bond donors (Lipinski definition) is 1. The van der Waals surface area contributed by atoms with Gasteiger partial charge in [-0.25, -0.2) is 9.37 Å². The van der Waals surface area contributed by atoms with Gasteiger partial charge in [-0.1, -0.05) is 0 Å². The molecule has 1 heterocycles. The molecule has 2 rings (SSSR count). The lowest BCUT2D eigenvalue weighted by Gasteiger charge is -2.08. The average Bonchev–Trinajstić information content (AvgIpc) is 2.36. The van der Waals surface area contributed by atoms with Crippen LogP contribution in [0.15, 0.2) is 34.9 Å². The Bertz CT molecular complexity index is 651. The maximum Gasteiger partial charge on any atom is 0.312 e. The molecule has 0 amide bonds. The van der Waals surface area contributed by atoms with Crippen LogP contribution in [0.1, 0.15) is 0 Å². The van der Waals surface area contributed by atoms with Crippen LogP contribution < -0.4 is 10.5 Å². The van der Waals surface area contributed by atoms with Gasteiger partial charge in [-0.3, -0.25) is 10.1 Å². The molecular formula is C11H7BrFN3O3. The maximum absolute atomic E-state index is 13.4. The van der Waals surface area contributed by atoms with Gasteiger partial charge in [0.15, 0.2) is 0 Å². The third-order valence-corrected chi connectivity index (χ3v) is 2.81. The first-order valence-electron chi connectivity index (χ1n) is 5.01. The highest BCUT2D eigenvalue weighted by Crippen LogP contribution is 2.36. The SMILES string of the molecule is Nc1cccnc1Oc1cc(F)c(Br)cc1[N+](=O)[O-]. The van der Waals surface area contributed by atoms with Gasteiger partial charge < -0.3 is 10.5 Å². The molecule has 0 atom stereocenters. The van der Waals surface area contributed by atoms with Crippen molar-refractivity contribution in [2.75, 3.05) is 5.73 Å². The first kappa shape index (κ1) is 13.2. The topological polar surface area (TPSA) is 91.3 Å². The molecule has 0 fully saturated rings. The Balaban J connectivity index is 2.48. The van der Waals surface area contributed by atoms with E-state index >= 15 is 0 Å². The fraction of sp³-hybridized carbons (Fsp3) is 0. The first-order chi connectivity index (χ1) is 8.99. The summed E-state index contributed by atoms with van der Waals surface area (Å²) in [5, 5.41) is 10.9. The van der Waals surface area contributed by atoms with Crippen molar-refractivity contribution in [3.63, 3.8) is 0 Å². The smallest absolute Gasteiger partial charge is 0.312 e. The van der Waals surface area contributed by atoms with Gasteiger partial charge in [0.05, 0.1) is 15.1 Å². The molecule has 2 aromatic rings. The number of aromatic nitrogens is 1. The normalized spacial score (nSPS) is 10.2. The lowest BCUT2D eigenvalue weighted by Crippen LogP contribution is -1.98. The van der Waals surface area contributed by atoms with Crippen LogP contribution in [-0.2, 0) is 0 Å². The summed E-state index contributed by atoms with van der Waals surface area (Å²) in [5.74, 6) is -0.974. The lowest BCUT2D eigenvalue weighted by atomic mass is 10.3. The van der Waals surface area contributed by atoms with Crippen LogP contribution in [0.5, 0.6) is 11.6 Å². The number of rotatable bonds is 3. The fourth-order valence-electron chi connectivity index (χ4n) is 1.34. The van der Waals surface area contributed by atoms with Crippen molar-refractivity contribution < 1.29 is 14.1 Å². The second-order valence-corrected chi connectivity index (χ2v) is 4.35. The number of nitro benzene ring substituents is 1. The van der Waals surface area contributed by atoms with Crippen molar-refractivity contribution in [2.24, 2.45) is 0 Å². The van der Waals surface area contributed by atoms with E-state index in [-0.39, 0.29) is 21.8 Å². The van der Waals surface area contributed by atoms with Gasteiger partial charge in [-0.05, 0) is 28.1 Å². The predicted octanol–water partition coefficient (Wildman–Crippen LogP) is 3.27. The molecule has 0 saturated carbocycles. The molecule has 0 aliphatic carbocycles. The van der Waals surface area contributed by atoms with Gasteiger partial charge in [0, 0.05) is 18.3 Å². The molecule has 0 radical (unpaired) electrons. The van der Waals surface area contributed by atoms with Crippen LogP contribution >= 0.6 is 15.9 Å². The molecule has 0 spiro atoms. The summed E-state index contributed by atoms with van der Waals surface area (Å²) in [6.45, 7) is 0. The highest BCUT2D eigenvalue weighted by atomic mass is 79.9. The number of ether oxygens (including phenoxy) is 1. The summed E-state index contributed by atoms with van der Waals surface area (Å²) in [7, 11) is 0. The number of pyridine rings is 1. The third-order valence-electron chi connectivity index (χ3n) is 2.21. The second-order valence-electron chi connectivity index (χ2n) is 3.49. The molecule has 8 heteroatoms. The van der Waals surface area contributed by atoms with Crippen molar-refractivity contribution in [2.45, 2.75) is 0 Å². The van der Waals surface area contributed by atoms with Gasteiger partial charge in [0.1, 0.15) is 5.82 Å². The molecule has 1 aromatic heterocycles. The van der Waals surface area contributed by atoms with E-state index in [0.717, 1.165) is 12.1 Å². The fourth-order valence-corrected chi connectivity index (χ4v) is 1.67. The van der Waals surface area contributed by atoms with Crippen LogP contribution in [0, 0.1) is 15.9 Å². The summed E-state index contributed by atoms with van der Waals surface area (Å²) in [6.07, 6.45) is 1.41. The van der Waals surface area contributed by atoms with Crippen molar-refractivity contribution in [3.8, 4) is 11.6 Å². The third kappa shape index (κ3) is 2.79. The van der Waals surface area contributed by atoms with E-state index in [4.69, 9.17) is 10.5 Å². The average molecular weight is 328 g/mol. The molecule has 0 saturated heterocycles. The zero-order chi connectivity index (χ0) is 14.0. The molecular weight excluding hydrogens is 321 g/mol. The highest BCUT2D eigenvalue weighted by Gasteiger charge is 2.20. The summed E-state index contributed by atoms with van der Waals surface area (Å²) in [6, 6.07) is 5.02. The van der Waals surface area contributed by atoms with E-state index in [9.17, 15) is 14.5 Å². The van der Waals surface area contributed by atoms with E-state index in [1.807, 2.05) is 0 Å². The van der Waals surface area contributed by atoms with Crippen molar-refractivity contribution >= 4 is 27.3 Å². The minimum atomic E-state index is -0.685. The second kappa shape index (κ2) is 5.19. The van der Waals surface area contributed by atoms with Crippen LogP contribution in [-0.4, -0.2) is 9.91 Å². The molecule has 98 valence electrons. The van der Waals surface area contributed by atoms with Gasteiger partial charge >= 0.3 is 5.69 Å². The van der Waals surface area contributed by atoms with Crippen molar-refractivity contribution in [1.29, 1.82) is 0 Å². The van der Waals surface area contributed by atoms with Gasteiger partial charge in [0.2, 0.25) is 11.6 Å². The van der Waals surface area contributed by atoms with E-state index < -0.39 is 16.4 Å². The molecule has 0 aliphatic heterocycles. The number of nitrogens with zero attached hydrogens (tertiary/aromatic N) is 2. The number of halogens is 2. The van der Waals surface area contributed by atoms with Crippen LogP contribution in [0.25, 0.3) is 0 Å². The summed E-state index contributed by atoms with van der Waals surface area (Å²) < 4.78 is 18.6. The Morgan fingerprint density at radius 3 is 2.84 bits per heavy atom. The van der Waals surface area contributed by atoms with Crippen molar-refractivity contribution in [3.05, 3.63) is 50.9 Å². The van der Waals surface area contributed by atoms with Crippen molar-refractivity contribution in [1.82, 2.24) is 4.98 Å². The predicted molar refractivity (Wildman–Crippen MR) is 69.5 cm³/mol. The van der Waals surface area contributed by atoms with E-state index in [1.165, 1.54) is 12.3 Å². The number of hydrogen-bond acceptors (Lipinski definition) is 5. The van der Waals surface area contributed by atoms with E-state index in [0.29, 0.717) is 0 Å². The monoisotopic (exact) mass is 327 g/mol. The first-order valence-corrected chi connectivity index (χ1v) is 5.80. The molecule has 0 aliphatic rings. The zero-order valence-electron chi connectivity index (χ0n) is 9.34. The lowest BCUT2D eigenvalue weighted by molar-refractivity contribution is -0.385. The molecule has 19 heavy (non-hydrogen) atoms. The number of nitrogens with two attached hydrogens (primary N) is 1. The Kier molecular flexibility index (Phi) is 3.61. The van der Waals surface area contributed by atoms with E-state index in [1.54, 1.807) is 6.07 Å². The molecule has 6 nitrogen and oxygen atoms in total. The Hall–Kier alpha value is -2.22. The Morgan fingerprint density at radius 1 is 1.47 bits per heavy atom. The van der Waals surface area contributed by atoms with Crippen LogP contribution in [0.2, 0.25) is 0 Å². The van der Waals surface area contributed by atoms with Gasteiger partial charge in [-0.15, -0.1) is 0 Å². The standard InChI is InChI=1S/C11H7BrFN3O3/c12-6-4-9(16(17)18)10(5-7(6)13)19-11-8(14)2-1-3-15-11/h1-5H,14H2. The highest BCUT2D eigenvalue weighted by molar-refractivity contribution is 9.10. The zero-order valence-corrected chi connectivity index (χ0v) is 10.9. The minimum Gasteiger partial charge on any atom is -0.430 e. The largest absolute Gasteiger partial charge is 0.430 e. The molecule has 2 N–H and O–H groups in total. The van der Waals surface area contributed by atoms with Gasteiger partial charge in [-0.2, -0.15) is 0 Å². The summed E-state index contributed by atoms with van der Waals surface area (Å²) >= 11 is 2.87. The van der Waals surface area contributed by atoms with E-state index in [2.05, 4.69) is 20.9 Å². The Morgan fingerprint density at radius 2 is 2.21 bits per heavy atom. The molecule has 0 unspecified atom stereocenters. The molecule has 1 aromatic carbocycles. The summed E-state index contributed by atoms with van der Waals surface area (Å²) in [5.41, 5.74) is 5.41. The number of anilines is 1. The maximum atomic E-state index is 13.4. The van der Waals surface area contributed by atoms with Crippen LogP contribution in [0.4, 0.5) is 15.8 Å². The number of benzene rings is 1. The Labute approximate surface area is 115 Å². The van der Waals surface area contributed by atoms with Gasteiger partial charge in [0.25, 0.3) is 0 Å². The summed E-state index contributed by atoms with van der Waals surface area (Å²) in [4.78, 5) is 14.0. The quantitative estimate of drug-likeness (QED) is 0.690. The molecule has 0 bridgehead atoms. The number of nitrogen functional groups attached to an aromatic ring is 1.